The molecule has 0 saturated heterocycles. The molecule has 0 unspecified atom stereocenters. The second-order valence-corrected chi connectivity index (χ2v) is 6.92. The van der Waals surface area contributed by atoms with Crippen LogP contribution in [-0.4, -0.2) is 23.3 Å². The first kappa shape index (κ1) is 17.5. The first-order valence-corrected chi connectivity index (χ1v) is 9.12. The number of amides is 2. The van der Waals surface area contributed by atoms with E-state index in [1.54, 1.807) is 30.3 Å². The summed E-state index contributed by atoms with van der Waals surface area (Å²) in [6.45, 7) is 3.83. The Morgan fingerprint density at radius 2 is 1.68 bits per heavy atom. The lowest BCUT2D eigenvalue weighted by Crippen LogP contribution is -2.31. The molecule has 3 rings (SSSR count). The molecule has 0 aliphatic carbocycles. The highest BCUT2D eigenvalue weighted by atomic mass is 35.5. The molecule has 1 aliphatic heterocycles. The summed E-state index contributed by atoms with van der Waals surface area (Å²) < 4.78 is 0. The van der Waals surface area contributed by atoms with Gasteiger partial charge in [0.05, 0.1) is 10.5 Å². The number of thioether (sulfide) groups is 1. The Hall–Kier alpha value is -2.30. The van der Waals surface area contributed by atoms with Gasteiger partial charge in [-0.15, -0.1) is 18.3 Å². The van der Waals surface area contributed by atoms with Crippen LogP contribution in [0.25, 0.3) is 5.57 Å². The minimum Gasteiger partial charge on any atom is -0.270 e. The van der Waals surface area contributed by atoms with Gasteiger partial charge in [0.25, 0.3) is 11.8 Å². The zero-order valence-corrected chi connectivity index (χ0v) is 15.0. The van der Waals surface area contributed by atoms with Gasteiger partial charge < -0.3 is 0 Å². The van der Waals surface area contributed by atoms with Crippen LogP contribution in [0.4, 0.5) is 0 Å². The van der Waals surface area contributed by atoms with E-state index in [4.69, 9.17) is 11.6 Å². The number of nitrogens with zero attached hydrogens (tertiary/aromatic N) is 1. The fraction of sp³-hybridized carbons (Fsp3) is 0.100. The third kappa shape index (κ3) is 3.70. The van der Waals surface area contributed by atoms with Gasteiger partial charge in [-0.3, -0.25) is 14.5 Å². The minimum atomic E-state index is -0.289. The van der Waals surface area contributed by atoms with Crippen molar-refractivity contribution in [1.82, 2.24) is 4.90 Å². The zero-order valence-electron chi connectivity index (χ0n) is 13.4. The number of rotatable bonds is 6. The van der Waals surface area contributed by atoms with Crippen LogP contribution in [0.3, 0.4) is 0 Å². The summed E-state index contributed by atoms with van der Waals surface area (Å²) in [6, 6.07) is 16.8. The van der Waals surface area contributed by atoms with Crippen LogP contribution in [0.5, 0.6) is 0 Å². The highest BCUT2D eigenvalue weighted by Gasteiger charge is 2.38. The highest BCUT2D eigenvalue weighted by molar-refractivity contribution is 8.03. The van der Waals surface area contributed by atoms with Crippen molar-refractivity contribution in [3.8, 4) is 0 Å². The molecule has 5 heteroatoms. The maximum Gasteiger partial charge on any atom is 0.268 e. The predicted octanol–water partition coefficient (Wildman–Crippen LogP) is 4.54. The number of hydrogen-bond donors (Lipinski definition) is 0. The third-order valence-electron chi connectivity index (χ3n) is 3.80. The van der Waals surface area contributed by atoms with E-state index in [9.17, 15) is 9.59 Å². The van der Waals surface area contributed by atoms with Gasteiger partial charge in [0.15, 0.2) is 0 Å². The van der Waals surface area contributed by atoms with E-state index >= 15 is 0 Å². The van der Waals surface area contributed by atoms with Crippen molar-refractivity contribution in [1.29, 1.82) is 0 Å². The largest absolute Gasteiger partial charge is 0.270 e. The van der Waals surface area contributed by atoms with Crippen molar-refractivity contribution in [3.05, 3.63) is 88.3 Å². The predicted molar refractivity (Wildman–Crippen MR) is 103 cm³/mol. The molecule has 2 aromatic rings. The van der Waals surface area contributed by atoms with E-state index in [-0.39, 0.29) is 18.4 Å². The smallest absolute Gasteiger partial charge is 0.268 e. The Balaban J connectivity index is 1.96. The second kappa shape index (κ2) is 7.72. The summed E-state index contributed by atoms with van der Waals surface area (Å²) in [5.74, 6) is 0.0624. The molecular formula is C20H16ClNO2S. The zero-order chi connectivity index (χ0) is 17.8. The molecule has 0 bridgehead atoms. The van der Waals surface area contributed by atoms with Gasteiger partial charge in [-0.05, 0) is 23.3 Å². The summed E-state index contributed by atoms with van der Waals surface area (Å²) >= 11 is 7.33. The molecular weight excluding hydrogens is 354 g/mol. The van der Waals surface area contributed by atoms with E-state index in [0.29, 0.717) is 26.8 Å². The highest BCUT2D eigenvalue weighted by Crippen LogP contribution is 2.37. The van der Waals surface area contributed by atoms with E-state index in [1.807, 2.05) is 30.3 Å². The SMILES string of the molecule is C=CCN1C(=O)C(SCc2ccccc2)=C(c2ccc(Cl)cc2)C1=O. The molecule has 0 aromatic heterocycles. The fourth-order valence-electron chi connectivity index (χ4n) is 2.58. The van der Waals surface area contributed by atoms with Crippen LogP contribution in [0.15, 0.2) is 72.2 Å². The lowest BCUT2D eigenvalue weighted by atomic mass is 10.1. The minimum absolute atomic E-state index is 0.199. The van der Waals surface area contributed by atoms with Gasteiger partial charge in [0.1, 0.15) is 0 Å². The lowest BCUT2D eigenvalue weighted by molar-refractivity contribution is -0.135. The van der Waals surface area contributed by atoms with Crippen LogP contribution in [0.2, 0.25) is 5.02 Å². The Labute approximate surface area is 156 Å². The quantitative estimate of drug-likeness (QED) is 0.554. The number of imide groups is 1. The third-order valence-corrected chi connectivity index (χ3v) is 5.19. The lowest BCUT2D eigenvalue weighted by Gasteiger charge is -2.12. The molecule has 1 aliphatic rings. The summed E-state index contributed by atoms with van der Waals surface area (Å²) in [4.78, 5) is 27.2. The topological polar surface area (TPSA) is 37.4 Å². The standard InChI is InChI=1S/C20H16ClNO2S/c1-2-12-22-19(23)17(15-8-10-16(21)11-9-15)18(20(22)24)25-13-14-6-4-3-5-7-14/h2-11H,1,12-13H2. The van der Waals surface area contributed by atoms with E-state index in [0.717, 1.165) is 5.56 Å². The molecule has 0 spiro atoms. The summed E-state index contributed by atoms with van der Waals surface area (Å²) in [5.41, 5.74) is 2.23. The van der Waals surface area contributed by atoms with Crippen molar-refractivity contribution in [2.24, 2.45) is 0 Å². The van der Waals surface area contributed by atoms with Crippen LogP contribution in [0, 0.1) is 0 Å². The average molecular weight is 370 g/mol. The molecule has 2 amide bonds. The van der Waals surface area contributed by atoms with E-state index < -0.39 is 0 Å². The van der Waals surface area contributed by atoms with Crippen molar-refractivity contribution >= 4 is 40.8 Å². The number of hydrogen-bond acceptors (Lipinski definition) is 3. The first-order chi connectivity index (χ1) is 12.1. The molecule has 3 nitrogen and oxygen atoms in total. The van der Waals surface area contributed by atoms with Gasteiger partial charge in [-0.1, -0.05) is 60.1 Å². The average Bonchev–Trinajstić information content (AvgIpc) is 2.86. The van der Waals surface area contributed by atoms with Crippen molar-refractivity contribution in [2.75, 3.05) is 6.54 Å². The molecule has 1 heterocycles. The number of benzene rings is 2. The number of halogens is 1. The Morgan fingerprint density at radius 1 is 1.00 bits per heavy atom. The summed E-state index contributed by atoms with van der Waals surface area (Å²) in [6.07, 6.45) is 1.56. The van der Waals surface area contributed by atoms with Gasteiger partial charge in [0.2, 0.25) is 0 Å². The first-order valence-electron chi connectivity index (χ1n) is 7.76. The second-order valence-electron chi connectivity index (χ2n) is 5.49. The molecule has 0 radical (unpaired) electrons. The number of carbonyl (C=O) groups excluding carboxylic acids is 2. The van der Waals surface area contributed by atoms with E-state index in [1.165, 1.54) is 16.7 Å². The normalized spacial score (nSPS) is 14.4. The molecule has 0 atom stereocenters. The van der Waals surface area contributed by atoms with Gasteiger partial charge in [0, 0.05) is 17.3 Å². The fourth-order valence-corrected chi connectivity index (χ4v) is 3.80. The van der Waals surface area contributed by atoms with Crippen LogP contribution in [0.1, 0.15) is 11.1 Å². The maximum absolute atomic E-state index is 12.8. The molecule has 0 saturated carbocycles. The van der Waals surface area contributed by atoms with Crippen LogP contribution >= 0.6 is 23.4 Å². The molecule has 2 aromatic carbocycles. The molecule has 126 valence electrons. The molecule has 0 fully saturated rings. The summed E-state index contributed by atoms with van der Waals surface area (Å²) in [5, 5.41) is 0.586. The number of carbonyl (C=O) groups is 2. The summed E-state index contributed by atoms with van der Waals surface area (Å²) in [7, 11) is 0. The van der Waals surface area contributed by atoms with Gasteiger partial charge in [-0.25, -0.2) is 0 Å². The van der Waals surface area contributed by atoms with Gasteiger partial charge >= 0.3 is 0 Å². The van der Waals surface area contributed by atoms with Gasteiger partial charge in [-0.2, -0.15) is 0 Å². The van der Waals surface area contributed by atoms with Crippen LogP contribution in [-0.2, 0) is 15.3 Å². The maximum atomic E-state index is 12.8. The monoisotopic (exact) mass is 369 g/mol. The van der Waals surface area contributed by atoms with E-state index in [2.05, 4.69) is 6.58 Å². The Bertz CT molecular complexity index is 844. The van der Waals surface area contributed by atoms with Crippen molar-refractivity contribution in [2.45, 2.75) is 5.75 Å². The Morgan fingerprint density at radius 3 is 2.32 bits per heavy atom. The Kier molecular flexibility index (Phi) is 5.41. The molecule has 0 N–H and O–H groups in total. The molecule has 25 heavy (non-hydrogen) atoms. The van der Waals surface area contributed by atoms with Crippen molar-refractivity contribution in [3.63, 3.8) is 0 Å². The van der Waals surface area contributed by atoms with Crippen molar-refractivity contribution < 1.29 is 9.59 Å². The van der Waals surface area contributed by atoms with Crippen LogP contribution < -0.4 is 0 Å².